The number of urea groups is 1. The summed E-state index contributed by atoms with van der Waals surface area (Å²) >= 11 is 4.43. The lowest BCUT2D eigenvalue weighted by Crippen LogP contribution is -2.60. The molecule has 9 nitrogen and oxygen atoms in total. The van der Waals surface area contributed by atoms with Gasteiger partial charge in [-0.15, -0.1) is 0 Å². The van der Waals surface area contributed by atoms with Crippen molar-refractivity contribution in [2.24, 2.45) is 5.92 Å². The summed E-state index contributed by atoms with van der Waals surface area (Å²) in [4.78, 5) is 50.9. The Hall–Kier alpha value is -3.37. The number of carbonyl (C=O) groups is 4. The number of hydrogen-bond donors (Lipinski definition) is 2. The Morgan fingerprint density at radius 2 is 1.62 bits per heavy atom. The minimum atomic E-state index is -0.841. The SMILES string of the molecule is C[C@H]1C(=O)NC(=O)N([C@H]2C[C@H](OC(=O)c3ccccc3)[C@@H](COC(=O)c3ccccc3)O2)[C@H]1S. The third-order valence-electron chi connectivity index (χ3n) is 5.76. The molecule has 0 bridgehead atoms. The molecule has 5 atom stereocenters. The van der Waals surface area contributed by atoms with Crippen molar-refractivity contribution >= 4 is 36.5 Å². The summed E-state index contributed by atoms with van der Waals surface area (Å²) in [5.41, 5.74) is 0.723. The first-order valence-corrected chi connectivity index (χ1v) is 11.3. The number of nitrogens with one attached hydrogen (secondary N) is 1. The van der Waals surface area contributed by atoms with Gasteiger partial charge in [0.25, 0.3) is 0 Å². The molecule has 2 saturated heterocycles. The molecule has 0 spiro atoms. The average molecular weight is 485 g/mol. The molecule has 2 aromatic carbocycles. The van der Waals surface area contributed by atoms with E-state index in [2.05, 4.69) is 17.9 Å². The van der Waals surface area contributed by atoms with E-state index in [9.17, 15) is 19.2 Å². The number of esters is 2. The van der Waals surface area contributed by atoms with Crippen LogP contribution in [-0.2, 0) is 19.0 Å². The molecule has 2 fully saturated rings. The molecule has 2 heterocycles. The first-order chi connectivity index (χ1) is 16.3. The van der Waals surface area contributed by atoms with E-state index in [-0.39, 0.29) is 13.0 Å². The van der Waals surface area contributed by atoms with E-state index in [1.807, 2.05) is 0 Å². The molecule has 0 radical (unpaired) electrons. The Balaban J connectivity index is 1.50. The normalized spacial score (nSPS) is 26.6. The van der Waals surface area contributed by atoms with Crippen LogP contribution in [0.15, 0.2) is 60.7 Å². The van der Waals surface area contributed by atoms with Crippen molar-refractivity contribution < 1.29 is 33.4 Å². The van der Waals surface area contributed by atoms with Crippen LogP contribution >= 0.6 is 12.6 Å². The Kier molecular flexibility index (Phi) is 7.18. The van der Waals surface area contributed by atoms with E-state index in [4.69, 9.17) is 14.2 Å². The van der Waals surface area contributed by atoms with Gasteiger partial charge in [-0.25, -0.2) is 14.4 Å². The summed E-state index contributed by atoms with van der Waals surface area (Å²) in [6, 6.07) is 16.3. The minimum absolute atomic E-state index is 0.123. The van der Waals surface area contributed by atoms with Gasteiger partial charge in [0.2, 0.25) is 5.91 Å². The quantitative estimate of drug-likeness (QED) is 0.479. The highest BCUT2D eigenvalue weighted by atomic mass is 32.1. The number of rotatable bonds is 6. The lowest BCUT2D eigenvalue weighted by molar-refractivity contribution is -0.129. The van der Waals surface area contributed by atoms with Crippen LogP contribution in [-0.4, -0.2) is 59.2 Å². The summed E-state index contributed by atoms with van der Waals surface area (Å²) in [7, 11) is 0. The number of ether oxygens (including phenoxy) is 3. The third kappa shape index (κ3) is 5.07. The standard InChI is InChI=1S/C24H24N2O7S/c1-14-20(27)25-24(30)26(21(14)34)19-12-17(33-23(29)16-10-6-3-7-11-16)18(32-19)13-31-22(28)15-8-4-2-5-9-15/h2-11,14,17-19,21,34H,12-13H2,1H3,(H,25,27,30)/t14-,17-,18+,19+,21-/m0/s1. The summed E-state index contributed by atoms with van der Waals surface area (Å²) in [6.07, 6.45) is -2.35. The van der Waals surface area contributed by atoms with E-state index in [1.165, 1.54) is 4.90 Å². The fourth-order valence-corrected chi connectivity index (χ4v) is 4.21. The molecule has 0 unspecified atom stereocenters. The number of thiol groups is 1. The van der Waals surface area contributed by atoms with Gasteiger partial charge in [-0.1, -0.05) is 43.3 Å². The monoisotopic (exact) mass is 484 g/mol. The number of nitrogens with zero attached hydrogens (tertiary/aromatic N) is 1. The predicted molar refractivity (Wildman–Crippen MR) is 123 cm³/mol. The van der Waals surface area contributed by atoms with Gasteiger partial charge in [-0.05, 0) is 24.3 Å². The maximum Gasteiger partial charge on any atom is 0.338 e. The second-order valence-electron chi connectivity index (χ2n) is 8.04. The van der Waals surface area contributed by atoms with Gasteiger partial charge < -0.3 is 14.2 Å². The number of benzene rings is 2. The van der Waals surface area contributed by atoms with Crippen LogP contribution in [0.3, 0.4) is 0 Å². The van der Waals surface area contributed by atoms with Crippen LogP contribution < -0.4 is 5.32 Å². The Morgan fingerprint density at radius 1 is 1.03 bits per heavy atom. The molecule has 4 rings (SSSR count). The van der Waals surface area contributed by atoms with Crippen molar-refractivity contribution in [1.82, 2.24) is 10.2 Å². The molecule has 0 aliphatic carbocycles. The van der Waals surface area contributed by atoms with Gasteiger partial charge in [0.1, 0.15) is 25.0 Å². The van der Waals surface area contributed by atoms with Gasteiger partial charge in [-0.3, -0.25) is 15.0 Å². The topological polar surface area (TPSA) is 111 Å². The highest BCUT2D eigenvalue weighted by molar-refractivity contribution is 7.81. The lowest BCUT2D eigenvalue weighted by Gasteiger charge is -2.39. The Bertz CT molecular complexity index is 1070. The maximum absolute atomic E-state index is 12.7. The highest BCUT2D eigenvalue weighted by Crippen LogP contribution is 2.32. The van der Waals surface area contributed by atoms with Crippen molar-refractivity contribution in [3.8, 4) is 0 Å². The van der Waals surface area contributed by atoms with Gasteiger partial charge in [0.05, 0.1) is 22.4 Å². The number of carbonyl (C=O) groups excluding carboxylic acids is 4. The predicted octanol–water partition coefficient (Wildman–Crippen LogP) is 2.63. The zero-order valence-electron chi connectivity index (χ0n) is 18.3. The van der Waals surface area contributed by atoms with Crippen LogP contribution in [0.5, 0.6) is 0 Å². The van der Waals surface area contributed by atoms with Crippen LogP contribution in [0.25, 0.3) is 0 Å². The van der Waals surface area contributed by atoms with Gasteiger partial charge >= 0.3 is 18.0 Å². The van der Waals surface area contributed by atoms with Crippen molar-refractivity contribution in [2.75, 3.05) is 6.61 Å². The van der Waals surface area contributed by atoms with E-state index in [1.54, 1.807) is 67.6 Å². The number of imide groups is 1. The van der Waals surface area contributed by atoms with Crippen LogP contribution in [0.2, 0.25) is 0 Å². The van der Waals surface area contributed by atoms with Crippen LogP contribution in [0.4, 0.5) is 4.79 Å². The number of amides is 3. The molecule has 10 heteroatoms. The number of hydrogen-bond acceptors (Lipinski definition) is 8. The highest BCUT2D eigenvalue weighted by Gasteiger charge is 2.48. The largest absolute Gasteiger partial charge is 0.459 e. The van der Waals surface area contributed by atoms with E-state index in [0.29, 0.717) is 11.1 Å². The summed E-state index contributed by atoms with van der Waals surface area (Å²) in [6.45, 7) is 1.45. The molecule has 2 aliphatic rings. The third-order valence-corrected chi connectivity index (χ3v) is 6.45. The summed E-state index contributed by atoms with van der Waals surface area (Å²) < 4.78 is 17.1. The van der Waals surface area contributed by atoms with E-state index in [0.717, 1.165) is 0 Å². The molecule has 3 amide bonds. The molecule has 0 saturated carbocycles. The van der Waals surface area contributed by atoms with Crippen molar-refractivity contribution in [2.45, 2.75) is 37.2 Å². The second-order valence-corrected chi connectivity index (χ2v) is 8.57. The first kappa shape index (κ1) is 23.8. The van der Waals surface area contributed by atoms with Crippen molar-refractivity contribution in [3.63, 3.8) is 0 Å². The van der Waals surface area contributed by atoms with Gasteiger partial charge in [-0.2, -0.15) is 12.6 Å². The van der Waals surface area contributed by atoms with Crippen molar-refractivity contribution in [3.05, 3.63) is 71.8 Å². The summed E-state index contributed by atoms with van der Waals surface area (Å²) in [5.74, 6) is -2.13. The minimum Gasteiger partial charge on any atom is -0.459 e. The van der Waals surface area contributed by atoms with Gasteiger partial charge in [0, 0.05) is 6.42 Å². The summed E-state index contributed by atoms with van der Waals surface area (Å²) in [5, 5.41) is 1.55. The van der Waals surface area contributed by atoms with Crippen LogP contribution in [0.1, 0.15) is 34.1 Å². The molecule has 34 heavy (non-hydrogen) atoms. The lowest BCUT2D eigenvalue weighted by atomic mass is 10.1. The van der Waals surface area contributed by atoms with E-state index >= 15 is 0 Å². The molecular formula is C24H24N2O7S. The fraction of sp³-hybridized carbons (Fsp3) is 0.333. The van der Waals surface area contributed by atoms with E-state index < -0.39 is 53.6 Å². The molecular weight excluding hydrogens is 460 g/mol. The van der Waals surface area contributed by atoms with Gasteiger partial charge in [0.15, 0.2) is 0 Å². The fourth-order valence-electron chi connectivity index (χ4n) is 3.82. The molecule has 2 aromatic rings. The second kappa shape index (κ2) is 10.3. The molecule has 178 valence electrons. The van der Waals surface area contributed by atoms with Crippen molar-refractivity contribution in [1.29, 1.82) is 0 Å². The zero-order chi connectivity index (χ0) is 24.2. The maximum atomic E-state index is 12.7. The smallest absolute Gasteiger partial charge is 0.338 e. The molecule has 2 aliphatic heterocycles. The Labute approximate surface area is 201 Å². The zero-order valence-corrected chi connectivity index (χ0v) is 19.2. The average Bonchev–Trinajstić information content (AvgIpc) is 3.24. The molecule has 1 N–H and O–H groups in total. The molecule has 0 aromatic heterocycles. The van der Waals surface area contributed by atoms with Crippen LogP contribution in [0, 0.1) is 5.92 Å². The first-order valence-electron chi connectivity index (χ1n) is 10.8. The Morgan fingerprint density at radius 3 is 2.24 bits per heavy atom.